The third kappa shape index (κ3) is 6.68. The van der Waals surface area contributed by atoms with Crippen LogP contribution < -0.4 is 0 Å². The topological polar surface area (TPSA) is 0 Å². The van der Waals surface area contributed by atoms with Crippen molar-refractivity contribution in [2.24, 2.45) is 0 Å². The van der Waals surface area contributed by atoms with Gasteiger partial charge in [0.15, 0.2) is 6.71 Å². The summed E-state index contributed by atoms with van der Waals surface area (Å²) in [7, 11) is -1.16. The quantitative estimate of drug-likeness (QED) is 0.417. The summed E-state index contributed by atoms with van der Waals surface area (Å²) >= 11 is 0. The van der Waals surface area contributed by atoms with Crippen molar-refractivity contribution in [1.29, 1.82) is 0 Å². The van der Waals surface area contributed by atoms with Crippen LogP contribution >= 0.6 is 0 Å². The number of hydrogen-bond acceptors (Lipinski definition) is 0. The molecule has 16 heavy (non-hydrogen) atoms. The highest BCUT2D eigenvalue weighted by atomic mass is 28.3. The summed E-state index contributed by atoms with van der Waals surface area (Å²) in [6.07, 6.45) is 9.10. The fourth-order valence-electron chi connectivity index (χ4n) is 1.87. The maximum atomic E-state index is 3.86. The zero-order chi connectivity index (χ0) is 12.6. The molecule has 0 amide bonds. The molecule has 0 bridgehead atoms. The van der Waals surface area contributed by atoms with Crippen LogP contribution in [-0.4, -0.2) is 14.8 Å². The molecule has 0 heterocycles. The molecule has 0 aliphatic carbocycles. The summed E-state index contributed by atoms with van der Waals surface area (Å²) in [5, 5.41) is 0. The predicted molar refractivity (Wildman–Crippen MR) is 82.0 cm³/mol. The van der Waals surface area contributed by atoms with E-state index >= 15 is 0 Å². The minimum atomic E-state index is -1.16. The van der Waals surface area contributed by atoms with Crippen LogP contribution in [0.4, 0.5) is 0 Å². The minimum Gasteiger partial charge on any atom is -0.104 e. The smallest absolute Gasteiger partial charge is 0.104 e. The fourth-order valence-corrected chi connectivity index (χ4v) is 3.33. The molecule has 88 valence electrons. The van der Waals surface area contributed by atoms with Crippen molar-refractivity contribution in [3.05, 3.63) is 49.1 Å². The molecule has 0 saturated carbocycles. The van der Waals surface area contributed by atoms with Gasteiger partial charge in [0.05, 0.1) is 8.07 Å². The van der Waals surface area contributed by atoms with Crippen LogP contribution in [0.15, 0.2) is 49.1 Å². The van der Waals surface area contributed by atoms with Crippen LogP contribution in [0.5, 0.6) is 0 Å². The Morgan fingerprint density at radius 3 is 1.81 bits per heavy atom. The molecule has 0 atom stereocenters. The lowest BCUT2D eigenvalue weighted by molar-refractivity contribution is 1.31. The summed E-state index contributed by atoms with van der Waals surface area (Å²) in [6, 6.07) is 0. The molecular weight excluding hydrogens is 207 g/mol. The molecular formula is C14H25BSi. The molecule has 0 unspecified atom stereocenters. The predicted octanol–water partition coefficient (Wildman–Crippen LogP) is 4.77. The van der Waals surface area contributed by atoms with E-state index in [1.165, 1.54) is 5.47 Å². The zero-order valence-corrected chi connectivity index (χ0v) is 12.1. The van der Waals surface area contributed by atoms with E-state index in [1.807, 2.05) is 18.2 Å². The van der Waals surface area contributed by atoms with E-state index in [0.29, 0.717) is 6.71 Å². The molecule has 0 radical (unpaired) electrons. The summed E-state index contributed by atoms with van der Waals surface area (Å²) < 4.78 is 0. The average molecular weight is 232 g/mol. The molecule has 0 spiro atoms. The Morgan fingerprint density at radius 1 is 1.00 bits per heavy atom. The van der Waals surface area contributed by atoms with Crippen LogP contribution in [-0.2, 0) is 0 Å². The number of rotatable bonds is 8. The van der Waals surface area contributed by atoms with Gasteiger partial charge in [-0.2, -0.15) is 0 Å². The van der Waals surface area contributed by atoms with Crippen molar-refractivity contribution in [3.63, 3.8) is 0 Å². The Kier molecular flexibility index (Phi) is 7.15. The Hall–Kier alpha value is -0.758. The third-order valence-electron chi connectivity index (χ3n) is 2.43. The molecule has 0 aliphatic heterocycles. The molecule has 0 fully saturated rings. The van der Waals surface area contributed by atoms with Gasteiger partial charge in [0.1, 0.15) is 0 Å². The second kappa shape index (κ2) is 7.50. The van der Waals surface area contributed by atoms with Crippen molar-refractivity contribution in [2.45, 2.75) is 38.7 Å². The highest BCUT2D eigenvalue weighted by molar-refractivity contribution is 6.83. The Balaban J connectivity index is 4.95. The first-order valence-corrected chi connectivity index (χ1v) is 9.56. The molecule has 0 aromatic rings. The van der Waals surface area contributed by atoms with E-state index in [-0.39, 0.29) is 0 Å². The van der Waals surface area contributed by atoms with E-state index < -0.39 is 8.07 Å². The van der Waals surface area contributed by atoms with Gasteiger partial charge in [-0.1, -0.05) is 50.5 Å². The second-order valence-corrected chi connectivity index (χ2v) is 10.3. The van der Waals surface area contributed by atoms with Crippen LogP contribution in [0.3, 0.4) is 0 Å². The first-order chi connectivity index (χ1) is 7.44. The van der Waals surface area contributed by atoms with Crippen molar-refractivity contribution in [3.8, 4) is 0 Å². The molecule has 2 heteroatoms. The maximum absolute atomic E-state index is 3.86. The Bertz CT molecular complexity index is 261. The van der Waals surface area contributed by atoms with E-state index in [0.717, 1.165) is 19.1 Å². The molecule has 0 aromatic carbocycles. The van der Waals surface area contributed by atoms with E-state index in [2.05, 4.69) is 45.1 Å². The van der Waals surface area contributed by atoms with Crippen molar-refractivity contribution in [1.82, 2.24) is 0 Å². The summed E-state index contributed by atoms with van der Waals surface area (Å²) in [4.78, 5) is 0. The van der Waals surface area contributed by atoms with Crippen LogP contribution in [0.1, 0.15) is 6.42 Å². The lowest BCUT2D eigenvalue weighted by Crippen LogP contribution is -2.22. The van der Waals surface area contributed by atoms with Gasteiger partial charge in [-0.25, -0.2) is 0 Å². The molecule has 0 rings (SSSR count). The van der Waals surface area contributed by atoms with Gasteiger partial charge in [-0.05, 0) is 6.42 Å². The van der Waals surface area contributed by atoms with E-state index in [9.17, 15) is 0 Å². The van der Waals surface area contributed by atoms with Crippen LogP contribution in [0.25, 0.3) is 0 Å². The van der Waals surface area contributed by atoms with Crippen LogP contribution in [0, 0.1) is 0 Å². The SMILES string of the molecule is C=CCB(CC=C)/C(=C/[Si](C)(C)C)CC=C. The second-order valence-electron chi connectivity index (χ2n) is 5.32. The number of allylic oxidation sites excluding steroid dienone is 4. The largest absolute Gasteiger partial charge is 0.177 e. The van der Waals surface area contributed by atoms with Crippen LogP contribution in [0.2, 0.25) is 32.3 Å². The summed E-state index contributed by atoms with van der Waals surface area (Å²) in [5.41, 5.74) is 4.03. The normalized spacial score (nSPS) is 12.1. The van der Waals surface area contributed by atoms with Gasteiger partial charge in [-0.3, -0.25) is 0 Å². The molecule has 0 aromatic heterocycles. The van der Waals surface area contributed by atoms with Crippen molar-refractivity contribution in [2.75, 3.05) is 0 Å². The average Bonchev–Trinajstić information content (AvgIpc) is 2.15. The lowest BCUT2D eigenvalue weighted by Gasteiger charge is -2.18. The molecule has 0 N–H and O–H groups in total. The monoisotopic (exact) mass is 232 g/mol. The Morgan fingerprint density at radius 2 is 1.50 bits per heavy atom. The van der Waals surface area contributed by atoms with Gasteiger partial charge in [0.25, 0.3) is 0 Å². The molecule has 0 nitrogen and oxygen atoms in total. The maximum Gasteiger partial charge on any atom is 0.177 e. The zero-order valence-electron chi connectivity index (χ0n) is 11.1. The first kappa shape index (κ1) is 15.2. The highest BCUT2D eigenvalue weighted by Gasteiger charge is 2.18. The van der Waals surface area contributed by atoms with Gasteiger partial charge in [0.2, 0.25) is 0 Å². The minimum absolute atomic E-state index is 0.569. The summed E-state index contributed by atoms with van der Waals surface area (Å²) in [5.74, 6) is 0. The van der Waals surface area contributed by atoms with Gasteiger partial charge >= 0.3 is 0 Å². The molecule has 0 aliphatic rings. The highest BCUT2D eigenvalue weighted by Crippen LogP contribution is 2.19. The van der Waals surface area contributed by atoms with Crippen molar-refractivity contribution < 1.29 is 0 Å². The van der Waals surface area contributed by atoms with Crippen molar-refractivity contribution >= 4 is 14.8 Å². The number of hydrogen-bond donors (Lipinski definition) is 0. The van der Waals surface area contributed by atoms with E-state index in [1.54, 1.807) is 0 Å². The Labute approximate surface area is 103 Å². The third-order valence-corrected chi connectivity index (χ3v) is 3.66. The lowest BCUT2D eigenvalue weighted by atomic mass is 9.40. The van der Waals surface area contributed by atoms with Gasteiger partial charge in [-0.15, -0.1) is 30.9 Å². The van der Waals surface area contributed by atoms with Gasteiger partial charge in [0, 0.05) is 0 Å². The summed E-state index contributed by atoms with van der Waals surface area (Å²) in [6.45, 7) is 19.2. The molecule has 0 saturated heterocycles. The van der Waals surface area contributed by atoms with Gasteiger partial charge < -0.3 is 0 Å². The standard InChI is InChI=1S/C14H25BSi/c1-7-10-14(13-16(4,5)6)15(11-8-2)12-9-3/h7-9,13H,1-3,10-12H2,4-6H3/b14-13+. The fraction of sp³-hybridized carbons (Fsp3) is 0.429. The first-order valence-electron chi connectivity index (χ1n) is 5.99. The van der Waals surface area contributed by atoms with E-state index in [4.69, 9.17) is 0 Å².